The van der Waals surface area contributed by atoms with Crippen LogP contribution in [0.5, 0.6) is 11.5 Å². The summed E-state index contributed by atoms with van der Waals surface area (Å²) in [5.74, 6) is 1.22. The molecule has 1 heterocycles. The van der Waals surface area contributed by atoms with Crippen molar-refractivity contribution in [1.29, 1.82) is 0 Å². The first-order valence-corrected chi connectivity index (χ1v) is 12.4. The maximum atomic E-state index is 12.4. The SMILES string of the molecule is CCOc1ccc2nc(NC(=O)CSc3cccc(NC(=O)COc4ccccc4)c3)sc2c1. The van der Waals surface area contributed by atoms with Gasteiger partial charge in [0.1, 0.15) is 11.5 Å². The standard InChI is InChI=1S/C25H23N3O4S2/c1-2-31-19-11-12-21-22(14-19)34-25(27-21)28-24(30)16-33-20-10-6-7-17(13-20)26-23(29)15-32-18-8-4-3-5-9-18/h3-14H,2,15-16H2,1H3,(H,26,29)(H,27,28,30). The molecule has 0 radical (unpaired) electrons. The summed E-state index contributed by atoms with van der Waals surface area (Å²) in [5.41, 5.74) is 1.46. The van der Waals surface area contributed by atoms with E-state index in [-0.39, 0.29) is 24.2 Å². The van der Waals surface area contributed by atoms with Crippen molar-refractivity contribution >= 4 is 55.9 Å². The highest BCUT2D eigenvalue weighted by atomic mass is 32.2. The summed E-state index contributed by atoms with van der Waals surface area (Å²) in [6.45, 7) is 2.44. The summed E-state index contributed by atoms with van der Waals surface area (Å²) in [4.78, 5) is 29.9. The second-order valence-corrected chi connectivity index (χ2v) is 9.18. The van der Waals surface area contributed by atoms with Crippen molar-refractivity contribution in [1.82, 2.24) is 4.98 Å². The highest BCUT2D eigenvalue weighted by molar-refractivity contribution is 8.00. The van der Waals surface area contributed by atoms with Crippen LogP contribution in [0, 0.1) is 0 Å². The number of carbonyl (C=O) groups is 2. The predicted molar refractivity (Wildman–Crippen MR) is 137 cm³/mol. The van der Waals surface area contributed by atoms with E-state index in [0.29, 0.717) is 23.2 Å². The number of hydrogen-bond donors (Lipinski definition) is 2. The third kappa shape index (κ3) is 6.72. The van der Waals surface area contributed by atoms with Crippen molar-refractivity contribution in [2.24, 2.45) is 0 Å². The predicted octanol–water partition coefficient (Wildman–Crippen LogP) is 5.44. The highest BCUT2D eigenvalue weighted by Crippen LogP contribution is 2.29. The Morgan fingerprint density at radius 2 is 1.76 bits per heavy atom. The van der Waals surface area contributed by atoms with E-state index in [1.54, 1.807) is 18.2 Å². The van der Waals surface area contributed by atoms with Gasteiger partial charge in [0, 0.05) is 10.6 Å². The van der Waals surface area contributed by atoms with E-state index in [1.165, 1.54) is 23.1 Å². The van der Waals surface area contributed by atoms with Gasteiger partial charge in [-0.3, -0.25) is 9.59 Å². The summed E-state index contributed by atoms with van der Waals surface area (Å²) in [5, 5.41) is 6.21. The fourth-order valence-electron chi connectivity index (χ4n) is 3.05. The summed E-state index contributed by atoms with van der Waals surface area (Å²) in [6.07, 6.45) is 0. The molecule has 0 fully saturated rings. The molecule has 0 atom stereocenters. The Morgan fingerprint density at radius 3 is 2.59 bits per heavy atom. The Morgan fingerprint density at radius 1 is 0.912 bits per heavy atom. The van der Waals surface area contributed by atoms with Crippen molar-refractivity contribution in [3.63, 3.8) is 0 Å². The summed E-state index contributed by atoms with van der Waals surface area (Å²) in [6, 6.07) is 22.2. The molecule has 0 aliphatic rings. The first-order valence-electron chi connectivity index (χ1n) is 10.6. The number of thioether (sulfide) groups is 1. The molecule has 3 aromatic carbocycles. The number of aromatic nitrogens is 1. The summed E-state index contributed by atoms with van der Waals surface area (Å²) < 4.78 is 11.9. The second-order valence-electron chi connectivity index (χ2n) is 7.10. The molecular formula is C25H23N3O4S2. The van der Waals surface area contributed by atoms with Gasteiger partial charge in [0.05, 0.1) is 22.6 Å². The average molecular weight is 494 g/mol. The Hall–Kier alpha value is -3.56. The minimum absolute atomic E-state index is 0.0853. The molecule has 0 aliphatic heterocycles. The van der Waals surface area contributed by atoms with Crippen LogP contribution in [0.25, 0.3) is 10.2 Å². The van der Waals surface area contributed by atoms with E-state index in [2.05, 4.69) is 15.6 Å². The number of benzene rings is 3. The van der Waals surface area contributed by atoms with Crippen LogP contribution in [0.1, 0.15) is 6.92 Å². The van der Waals surface area contributed by atoms with Crippen LogP contribution in [0.4, 0.5) is 10.8 Å². The second kappa shape index (κ2) is 11.5. The van der Waals surface area contributed by atoms with Gasteiger partial charge in [0.2, 0.25) is 5.91 Å². The number of amides is 2. The fourth-order valence-corrected chi connectivity index (χ4v) is 4.71. The molecule has 9 heteroatoms. The molecule has 174 valence electrons. The molecular weight excluding hydrogens is 470 g/mol. The first-order chi connectivity index (χ1) is 16.6. The number of hydrogen-bond acceptors (Lipinski definition) is 7. The minimum atomic E-state index is -0.257. The lowest BCUT2D eigenvalue weighted by atomic mass is 10.3. The lowest BCUT2D eigenvalue weighted by Crippen LogP contribution is -2.20. The van der Waals surface area contributed by atoms with Gasteiger partial charge in [-0.15, -0.1) is 11.8 Å². The van der Waals surface area contributed by atoms with Gasteiger partial charge in [-0.25, -0.2) is 4.98 Å². The largest absolute Gasteiger partial charge is 0.494 e. The molecule has 0 saturated carbocycles. The maximum absolute atomic E-state index is 12.4. The number of carbonyl (C=O) groups excluding carboxylic acids is 2. The van der Waals surface area contributed by atoms with Crippen LogP contribution in [0.15, 0.2) is 77.7 Å². The van der Waals surface area contributed by atoms with Gasteiger partial charge in [-0.1, -0.05) is 35.6 Å². The molecule has 7 nitrogen and oxygen atoms in total. The number of thiazole rings is 1. The topological polar surface area (TPSA) is 89.5 Å². The van der Waals surface area contributed by atoms with E-state index in [9.17, 15) is 9.59 Å². The number of nitrogens with one attached hydrogen (secondary N) is 2. The van der Waals surface area contributed by atoms with Gasteiger partial charge in [0.25, 0.3) is 5.91 Å². The average Bonchev–Trinajstić information content (AvgIpc) is 3.24. The zero-order valence-corrected chi connectivity index (χ0v) is 20.1. The van der Waals surface area contributed by atoms with Crippen molar-refractivity contribution in [3.8, 4) is 11.5 Å². The third-order valence-electron chi connectivity index (χ3n) is 4.52. The highest BCUT2D eigenvalue weighted by Gasteiger charge is 2.10. The van der Waals surface area contributed by atoms with Gasteiger partial charge >= 0.3 is 0 Å². The van der Waals surface area contributed by atoms with Crippen molar-refractivity contribution in [2.75, 3.05) is 29.6 Å². The summed E-state index contributed by atoms with van der Waals surface area (Å²) >= 11 is 2.79. The maximum Gasteiger partial charge on any atom is 0.262 e. The van der Waals surface area contributed by atoms with Crippen molar-refractivity contribution in [3.05, 3.63) is 72.8 Å². The zero-order valence-electron chi connectivity index (χ0n) is 18.4. The number of anilines is 2. The van der Waals surface area contributed by atoms with Gasteiger partial charge in [-0.2, -0.15) is 0 Å². The molecule has 0 spiro atoms. The van der Waals surface area contributed by atoms with Crippen LogP contribution in [-0.4, -0.2) is 35.8 Å². The Balaban J connectivity index is 1.27. The van der Waals surface area contributed by atoms with Crippen molar-refractivity contribution < 1.29 is 19.1 Å². The minimum Gasteiger partial charge on any atom is -0.494 e. The van der Waals surface area contributed by atoms with E-state index < -0.39 is 0 Å². The van der Waals surface area contributed by atoms with Gasteiger partial charge < -0.3 is 20.1 Å². The molecule has 4 rings (SSSR count). The smallest absolute Gasteiger partial charge is 0.262 e. The quantitative estimate of drug-likeness (QED) is 0.286. The monoisotopic (exact) mass is 493 g/mol. The van der Waals surface area contributed by atoms with Crippen LogP contribution < -0.4 is 20.1 Å². The van der Waals surface area contributed by atoms with Crippen LogP contribution >= 0.6 is 23.1 Å². The Kier molecular flexibility index (Phi) is 8.00. The summed E-state index contributed by atoms with van der Waals surface area (Å²) in [7, 11) is 0. The normalized spacial score (nSPS) is 10.6. The molecule has 2 amide bonds. The van der Waals surface area contributed by atoms with Gasteiger partial charge in [-0.05, 0) is 55.5 Å². The van der Waals surface area contributed by atoms with E-state index in [4.69, 9.17) is 9.47 Å². The number of fused-ring (bicyclic) bond motifs is 1. The molecule has 34 heavy (non-hydrogen) atoms. The number of rotatable bonds is 10. The van der Waals surface area contributed by atoms with Crippen LogP contribution in [0.3, 0.4) is 0 Å². The molecule has 0 unspecified atom stereocenters. The molecule has 0 saturated heterocycles. The lowest BCUT2D eigenvalue weighted by molar-refractivity contribution is -0.118. The molecule has 1 aromatic heterocycles. The first kappa shape index (κ1) is 23.6. The van der Waals surface area contributed by atoms with E-state index >= 15 is 0 Å². The molecule has 0 aliphatic carbocycles. The zero-order chi connectivity index (χ0) is 23.8. The molecule has 4 aromatic rings. The van der Waals surface area contributed by atoms with Crippen LogP contribution in [0.2, 0.25) is 0 Å². The fraction of sp³-hybridized carbons (Fsp3) is 0.160. The number of nitrogens with zero attached hydrogens (tertiary/aromatic N) is 1. The molecule has 2 N–H and O–H groups in total. The van der Waals surface area contributed by atoms with Crippen molar-refractivity contribution in [2.45, 2.75) is 11.8 Å². The van der Waals surface area contributed by atoms with E-state index in [1.807, 2.05) is 61.5 Å². The van der Waals surface area contributed by atoms with Crippen LogP contribution in [-0.2, 0) is 9.59 Å². The Labute approximate surface area is 205 Å². The molecule has 0 bridgehead atoms. The number of ether oxygens (including phenoxy) is 2. The third-order valence-corrected chi connectivity index (χ3v) is 6.45. The van der Waals surface area contributed by atoms with E-state index in [0.717, 1.165) is 20.9 Å². The van der Waals surface area contributed by atoms with Gasteiger partial charge in [0.15, 0.2) is 11.7 Å². The lowest BCUT2D eigenvalue weighted by Gasteiger charge is -2.09. The number of para-hydroxylation sites is 1. The Bertz CT molecular complexity index is 1280.